The van der Waals surface area contributed by atoms with Crippen molar-refractivity contribution in [1.82, 2.24) is 10.2 Å². The van der Waals surface area contributed by atoms with Crippen LogP contribution >= 0.6 is 11.8 Å². The van der Waals surface area contributed by atoms with E-state index in [0.29, 0.717) is 25.3 Å². The number of aryl methyl sites for hydroxylation is 1. The van der Waals surface area contributed by atoms with Crippen molar-refractivity contribution in [2.75, 3.05) is 12.3 Å². The van der Waals surface area contributed by atoms with Gasteiger partial charge in [0.15, 0.2) is 0 Å². The maximum atomic E-state index is 13.0. The number of amides is 2. The summed E-state index contributed by atoms with van der Waals surface area (Å²) in [6.07, 6.45) is 1.27. The van der Waals surface area contributed by atoms with Gasteiger partial charge in [-0.2, -0.15) is 0 Å². The first-order valence-electron chi connectivity index (χ1n) is 9.81. The molecule has 28 heavy (non-hydrogen) atoms. The Hall–Kier alpha value is -2.27. The third kappa shape index (κ3) is 7.04. The SMILES string of the molecule is CCCNC(=O)[C@H](C)N(Cc1ccc(C)cc1)C(=O)CCSc1ccccc1. The summed E-state index contributed by atoms with van der Waals surface area (Å²) in [6, 6.07) is 17.7. The largest absolute Gasteiger partial charge is 0.354 e. The van der Waals surface area contributed by atoms with Crippen LogP contribution in [0, 0.1) is 6.92 Å². The van der Waals surface area contributed by atoms with Gasteiger partial charge in [0.1, 0.15) is 6.04 Å². The van der Waals surface area contributed by atoms with Crippen LogP contribution in [-0.4, -0.2) is 35.1 Å². The number of carbonyl (C=O) groups excluding carboxylic acids is 2. The Labute approximate surface area is 172 Å². The van der Waals surface area contributed by atoms with Crippen LogP contribution in [0.4, 0.5) is 0 Å². The lowest BCUT2D eigenvalue weighted by Gasteiger charge is -2.29. The molecule has 0 saturated carbocycles. The molecule has 0 unspecified atom stereocenters. The second-order valence-electron chi connectivity index (χ2n) is 6.89. The van der Waals surface area contributed by atoms with E-state index in [4.69, 9.17) is 0 Å². The smallest absolute Gasteiger partial charge is 0.242 e. The van der Waals surface area contributed by atoms with E-state index >= 15 is 0 Å². The van der Waals surface area contributed by atoms with Crippen LogP contribution in [0.1, 0.15) is 37.8 Å². The molecule has 1 atom stereocenters. The first kappa shape index (κ1) is 22.0. The highest BCUT2D eigenvalue weighted by molar-refractivity contribution is 7.99. The summed E-state index contributed by atoms with van der Waals surface area (Å²) in [7, 11) is 0. The van der Waals surface area contributed by atoms with Gasteiger partial charge in [-0.3, -0.25) is 9.59 Å². The fraction of sp³-hybridized carbons (Fsp3) is 0.391. The number of hydrogen-bond donors (Lipinski definition) is 1. The van der Waals surface area contributed by atoms with Gasteiger partial charge >= 0.3 is 0 Å². The van der Waals surface area contributed by atoms with Crippen molar-refractivity contribution in [3.8, 4) is 0 Å². The lowest BCUT2D eigenvalue weighted by Crippen LogP contribution is -2.47. The number of rotatable bonds is 10. The molecular weight excluding hydrogens is 368 g/mol. The zero-order valence-electron chi connectivity index (χ0n) is 17.0. The van der Waals surface area contributed by atoms with E-state index in [1.807, 2.05) is 68.4 Å². The van der Waals surface area contributed by atoms with Gasteiger partial charge in [-0.15, -0.1) is 11.8 Å². The van der Waals surface area contributed by atoms with Crippen LogP contribution in [0.3, 0.4) is 0 Å². The molecule has 2 aromatic rings. The van der Waals surface area contributed by atoms with Crippen LogP contribution in [0.2, 0.25) is 0 Å². The molecule has 4 nitrogen and oxygen atoms in total. The summed E-state index contributed by atoms with van der Waals surface area (Å²) < 4.78 is 0. The molecule has 0 fully saturated rings. The zero-order chi connectivity index (χ0) is 20.4. The summed E-state index contributed by atoms with van der Waals surface area (Å²) >= 11 is 1.66. The van der Waals surface area contributed by atoms with E-state index in [9.17, 15) is 9.59 Å². The standard InChI is InChI=1S/C23H30N2O2S/c1-4-15-24-23(27)19(3)25(17-20-12-10-18(2)11-13-20)22(26)14-16-28-21-8-6-5-7-9-21/h5-13,19H,4,14-17H2,1-3H3,(H,24,27)/t19-/m0/s1. The van der Waals surface area contributed by atoms with E-state index in [1.165, 1.54) is 5.56 Å². The number of thioether (sulfide) groups is 1. The van der Waals surface area contributed by atoms with Gasteiger partial charge in [0.05, 0.1) is 0 Å². The minimum Gasteiger partial charge on any atom is -0.354 e. The van der Waals surface area contributed by atoms with Gasteiger partial charge in [-0.1, -0.05) is 55.0 Å². The molecule has 1 N–H and O–H groups in total. The van der Waals surface area contributed by atoms with Crippen molar-refractivity contribution in [3.05, 3.63) is 65.7 Å². The number of hydrogen-bond acceptors (Lipinski definition) is 3. The van der Waals surface area contributed by atoms with Crippen LogP contribution in [-0.2, 0) is 16.1 Å². The Morgan fingerprint density at radius 1 is 1.07 bits per heavy atom. The Morgan fingerprint density at radius 2 is 1.75 bits per heavy atom. The van der Waals surface area contributed by atoms with Gasteiger partial charge in [-0.05, 0) is 38.0 Å². The topological polar surface area (TPSA) is 49.4 Å². The third-order valence-corrected chi connectivity index (χ3v) is 5.53. The van der Waals surface area contributed by atoms with Gasteiger partial charge in [0.2, 0.25) is 11.8 Å². The first-order chi connectivity index (χ1) is 13.5. The summed E-state index contributed by atoms with van der Waals surface area (Å²) in [4.78, 5) is 28.3. The maximum Gasteiger partial charge on any atom is 0.242 e. The lowest BCUT2D eigenvalue weighted by atomic mass is 10.1. The highest BCUT2D eigenvalue weighted by Gasteiger charge is 2.25. The molecule has 2 rings (SSSR count). The van der Waals surface area contributed by atoms with Crippen molar-refractivity contribution in [1.29, 1.82) is 0 Å². The molecule has 0 saturated heterocycles. The zero-order valence-corrected chi connectivity index (χ0v) is 17.8. The third-order valence-electron chi connectivity index (χ3n) is 4.52. The molecular formula is C23H30N2O2S. The molecule has 5 heteroatoms. The number of nitrogens with zero attached hydrogens (tertiary/aromatic N) is 1. The Kier molecular flexibility index (Phi) is 9.08. The monoisotopic (exact) mass is 398 g/mol. The molecule has 0 spiro atoms. The van der Waals surface area contributed by atoms with Gasteiger partial charge in [0.25, 0.3) is 0 Å². The number of carbonyl (C=O) groups is 2. The Balaban J connectivity index is 2.03. The minimum absolute atomic E-state index is 0.00292. The number of nitrogens with one attached hydrogen (secondary N) is 1. The fourth-order valence-corrected chi connectivity index (χ4v) is 3.65. The second kappa shape index (κ2) is 11.5. The van der Waals surface area contributed by atoms with Crippen molar-refractivity contribution in [2.45, 2.75) is 51.1 Å². The van der Waals surface area contributed by atoms with E-state index in [-0.39, 0.29) is 11.8 Å². The summed E-state index contributed by atoms with van der Waals surface area (Å²) in [5.74, 6) is 0.595. The highest BCUT2D eigenvalue weighted by atomic mass is 32.2. The molecule has 0 aliphatic rings. The minimum atomic E-state index is -0.498. The summed E-state index contributed by atoms with van der Waals surface area (Å²) in [5, 5.41) is 2.91. The molecule has 0 aromatic heterocycles. The highest BCUT2D eigenvalue weighted by Crippen LogP contribution is 2.19. The Bertz CT molecular complexity index is 747. The normalized spacial score (nSPS) is 11.7. The molecule has 0 radical (unpaired) electrons. The molecule has 0 bridgehead atoms. The van der Waals surface area contributed by atoms with Gasteiger partial charge in [0, 0.05) is 30.2 Å². The Morgan fingerprint density at radius 3 is 2.39 bits per heavy atom. The van der Waals surface area contributed by atoms with Crippen LogP contribution < -0.4 is 5.32 Å². The van der Waals surface area contributed by atoms with Crippen LogP contribution in [0.25, 0.3) is 0 Å². The average molecular weight is 399 g/mol. The van der Waals surface area contributed by atoms with Crippen LogP contribution in [0.15, 0.2) is 59.5 Å². The van der Waals surface area contributed by atoms with Gasteiger partial charge < -0.3 is 10.2 Å². The molecule has 0 aliphatic carbocycles. The fourth-order valence-electron chi connectivity index (χ4n) is 2.79. The molecule has 150 valence electrons. The van der Waals surface area contributed by atoms with E-state index in [1.54, 1.807) is 23.6 Å². The molecule has 2 aromatic carbocycles. The predicted molar refractivity (Wildman–Crippen MR) is 116 cm³/mol. The molecule has 0 heterocycles. The van der Waals surface area contributed by atoms with Crippen molar-refractivity contribution in [2.24, 2.45) is 0 Å². The second-order valence-corrected chi connectivity index (χ2v) is 8.05. The lowest BCUT2D eigenvalue weighted by molar-refractivity contribution is -0.140. The summed E-state index contributed by atoms with van der Waals surface area (Å²) in [6.45, 7) is 6.92. The average Bonchev–Trinajstić information content (AvgIpc) is 2.71. The summed E-state index contributed by atoms with van der Waals surface area (Å²) in [5.41, 5.74) is 2.21. The van der Waals surface area contributed by atoms with Crippen molar-refractivity contribution >= 4 is 23.6 Å². The predicted octanol–water partition coefficient (Wildman–Crippen LogP) is 4.42. The number of benzene rings is 2. The molecule has 0 aliphatic heterocycles. The first-order valence-corrected chi connectivity index (χ1v) is 10.8. The van der Waals surface area contributed by atoms with Gasteiger partial charge in [-0.25, -0.2) is 0 Å². The van der Waals surface area contributed by atoms with Crippen LogP contribution in [0.5, 0.6) is 0 Å². The van der Waals surface area contributed by atoms with E-state index < -0.39 is 6.04 Å². The maximum absolute atomic E-state index is 13.0. The van der Waals surface area contributed by atoms with Crippen molar-refractivity contribution < 1.29 is 9.59 Å². The van der Waals surface area contributed by atoms with Crippen molar-refractivity contribution in [3.63, 3.8) is 0 Å². The molecule has 2 amide bonds. The van der Waals surface area contributed by atoms with E-state index in [0.717, 1.165) is 16.9 Å². The quantitative estimate of drug-likeness (QED) is 0.603. The van der Waals surface area contributed by atoms with E-state index in [2.05, 4.69) is 5.32 Å².